The van der Waals surface area contributed by atoms with Gasteiger partial charge in [0.15, 0.2) is 0 Å². The van der Waals surface area contributed by atoms with E-state index in [1.807, 2.05) is 18.2 Å². The van der Waals surface area contributed by atoms with Crippen LogP contribution in [0.4, 0.5) is 0 Å². The molecule has 19 heavy (non-hydrogen) atoms. The molecule has 0 aliphatic heterocycles. The molecule has 0 spiro atoms. The summed E-state index contributed by atoms with van der Waals surface area (Å²) in [4.78, 5) is 22.8. The van der Waals surface area contributed by atoms with Crippen molar-refractivity contribution in [3.8, 4) is 0 Å². The molecule has 0 saturated heterocycles. The van der Waals surface area contributed by atoms with Gasteiger partial charge in [-0.15, -0.1) is 0 Å². The van der Waals surface area contributed by atoms with Crippen molar-refractivity contribution in [3.63, 3.8) is 0 Å². The molecular weight excluding hydrogens is 240 g/mol. The zero-order valence-corrected chi connectivity index (χ0v) is 11.4. The Morgan fingerprint density at radius 3 is 2.42 bits per heavy atom. The van der Waals surface area contributed by atoms with Crippen LogP contribution >= 0.6 is 0 Å². The lowest BCUT2D eigenvalue weighted by molar-refractivity contribution is -0.127. The standard InChI is InChI=1S/C15H20N2O2/c1-11(17-12(2)18)14(19)16-10-15(8-9-15)13-6-4-3-5-7-13/h3-7,11H,8-10H2,1-2H3,(H,16,19)(H,17,18). The molecule has 4 nitrogen and oxygen atoms in total. The van der Waals surface area contributed by atoms with Gasteiger partial charge in [-0.05, 0) is 25.3 Å². The van der Waals surface area contributed by atoms with Crippen molar-refractivity contribution in [1.29, 1.82) is 0 Å². The van der Waals surface area contributed by atoms with E-state index in [1.54, 1.807) is 6.92 Å². The maximum Gasteiger partial charge on any atom is 0.242 e. The van der Waals surface area contributed by atoms with E-state index in [4.69, 9.17) is 0 Å². The van der Waals surface area contributed by atoms with Gasteiger partial charge >= 0.3 is 0 Å². The van der Waals surface area contributed by atoms with Crippen LogP contribution in [0.15, 0.2) is 30.3 Å². The van der Waals surface area contributed by atoms with Gasteiger partial charge in [0.1, 0.15) is 6.04 Å². The molecule has 1 aromatic carbocycles. The second kappa shape index (κ2) is 5.43. The fourth-order valence-corrected chi connectivity index (χ4v) is 2.29. The van der Waals surface area contributed by atoms with E-state index in [1.165, 1.54) is 12.5 Å². The molecule has 0 radical (unpaired) electrons. The lowest BCUT2D eigenvalue weighted by Crippen LogP contribution is -2.46. The van der Waals surface area contributed by atoms with E-state index >= 15 is 0 Å². The van der Waals surface area contributed by atoms with Crippen LogP contribution in [0.25, 0.3) is 0 Å². The Labute approximate surface area is 113 Å². The molecule has 2 rings (SSSR count). The third-order valence-corrected chi connectivity index (χ3v) is 3.65. The van der Waals surface area contributed by atoms with E-state index in [0.717, 1.165) is 12.8 Å². The number of benzene rings is 1. The Morgan fingerprint density at radius 1 is 1.26 bits per heavy atom. The number of carbonyl (C=O) groups excluding carboxylic acids is 2. The van der Waals surface area contributed by atoms with Crippen LogP contribution in [-0.4, -0.2) is 24.4 Å². The second-order valence-electron chi connectivity index (χ2n) is 5.29. The van der Waals surface area contributed by atoms with Gasteiger partial charge in [-0.25, -0.2) is 0 Å². The zero-order valence-electron chi connectivity index (χ0n) is 11.4. The van der Waals surface area contributed by atoms with Crippen LogP contribution in [0.2, 0.25) is 0 Å². The summed E-state index contributed by atoms with van der Waals surface area (Å²) >= 11 is 0. The summed E-state index contributed by atoms with van der Waals surface area (Å²) in [7, 11) is 0. The third-order valence-electron chi connectivity index (χ3n) is 3.65. The van der Waals surface area contributed by atoms with E-state index in [-0.39, 0.29) is 17.2 Å². The average Bonchev–Trinajstić information content (AvgIpc) is 3.17. The molecule has 1 unspecified atom stereocenters. The van der Waals surface area contributed by atoms with Gasteiger partial charge in [0.2, 0.25) is 11.8 Å². The normalized spacial score (nSPS) is 17.4. The predicted octanol–water partition coefficient (Wildman–Crippen LogP) is 1.36. The van der Waals surface area contributed by atoms with Crippen molar-refractivity contribution >= 4 is 11.8 Å². The van der Waals surface area contributed by atoms with Crippen LogP contribution in [0.1, 0.15) is 32.3 Å². The summed E-state index contributed by atoms with van der Waals surface area (Å²) in [5, 5.41) is 5.52. The first kappa shape index (κ1) is 13.6. The smallest absolute Gasteiger partial charge is 0.242 e. The van der Waals surface area contributed by atoms with Crippen molar-refractivity contribution in [2.75, 3.05) is 6.54 Å². The molecule has 1 aliphatic rings. The van der Waals surface area contributed by atoms with Gasteiger partial charge < -0.3 is 10.6 Å². The molecule has 4 heteroatoms. The fraction of sp³-hybridized carbons (Fsp3) is 0.467. The molecule has 0 aromatic heterocycles. The number of amides is 2. The topological polar surface area (TPSA) is 58.2 Å². The number of carbonyl (C=O) groups is 2. The largest absolute Gasteiger partial charge is 0.353 e. The first-order chi connectivity index (χ1) is 9.03. The molecule has 0 heterocycles. The summed E-state index contributed by atoms with van der Waals surface area (Å²) < 4.78 is 0. The van der Waals surface area contributed by atoms with Gasteiger partial charge in [-0.3, -0.25) is 9.59 Å². The minimum atomic E-state index is -0.482. The lowest BCUT2D eigenvalue weighted by atomic mass is 9.96. The summed E-state index contributed by atoms with van der Waals surface area (Å²) in [5.74, 6) is -0.316. The Morgan fingerprint density at radius 2 is 1.89 bits per heavy atom. The molecular formula is C15H20N2O2. The summed E-state index contributed by atoms with van der Waals surface area (Å²) in [6, 6.07) is 9.78. The lowest BCUT2D eigenvalue weighted by Gasteiger charge is -2.19. The van der Waals surface area contributed by atoms with Crippen molar-refractivity contribution in [1.82, 2.24) is 10.6 Å². The predicted molar refractivity (Wildman–Crippen MR) is 73.6 cm³/mol. The van der Waals surface area contributed by atoms with Gasteiger partial charge in [-0.2, -0.15) is 0 Å². The molecule has 2 amide bonds. The summed E-state index contributed by atoms with van der Waals surface area (Å²) in [6.07, 6.45) is 2.21. The van der Waals surface area contributed by atoms with Crippen molar-refractivity contribution < 1.29 is 9.59 Å². The minimum absolute atomic E-state index is 0.104. The quantitative estimate of drug-likeness (QED) is 0.840. The Hall–Kier alpha value is -1.84. The molecule has 2 N–H and O–H groups in total. The van der Waals surface area contributed by atoms with Crippen LogP contribution in [0, 0.1) is 0 Å². The van der Waals surface area contributed by atoms with Crippen LogP contribution in [0.3, 0.4) is 0 Å². The molecule has 102 valence electrons. The van der Waals surface area contributed by atoms with Gasteiger partial charge in [0, 0.05) is 18.9 Å². The molecule has 1 aromatic rings. The zero-order chi connectivity index (χ0) is 13.9. The first-order valence-corrected chi connectivity index (χ1v) is 6.64. The average molecular weight is 260 g/mol. The number of nitrogens with one attached hydrogen (secondary N) is 2. The highest BCUT2D eigenvalue weighted by Gasteiger charge is 2.44. The fourth-order valence-electron chi connectivity index (χ4n) is 2.29. The van der Waals surface area contributed by atoms with E-state index in [2.05, 4.69) is 22.8 Å². The Bertz CT molecular complexity index is 466. The van der Waals surface area contributed by atoms with Crippen LogP contribution in [-0.2, 0) is 15.0 Å². The van der Waals surface area contributed by atoms with E-state index in [9.17, 15) is 9.59 Å². The minimum Gasteiger partial charge on any atom is -0.353 e. The number of hydrogen-bond acceptors (Lipinski definition) is 2. The van der Waals surface area contributed by atoms with Crippen LogP contribution < -0.4 is 10.6 Å². The van der Waals surface area contributed by atoms with Gasteiger partial charge in [0.25, 0.3) is 0 Å². The Kier molecular flexibility index (Phi) is 3.88. The maximum atomic E-state index is 11.9. The number of hydrogen-bond donors (Lipinski definition) is 2. The first-order valence-electron chi connectivity index (χ1n) is 6.64. The van der Waals surface area contributed by atoms with Crippen molar-refractivity contribution in [2.24, 2.45) is 0 Å². The Balaban J connectivity index is 1.89. The van der Waals surface area contributed by atoms with Crippen molar-refractivity contribution in [3.05, 3.63) is 35.9 Å². The van der Waals surface area contributed by atoms with Gasteiger partial charge in [-0.1, -0.05) is 30.3 Å². The van der Waals surface area contributed by atoms with E-state index < -0.39 is 6.04 Å². The highest BCUT2D eigenvalue weighted by atomic mass is 16.2. The molecule has 1 atom stereocenters. The highest BCUT2D eigenvalue weighted by Crippen LogP contribution is 2.47. The maximum absolute atomic E-state index is 11.9. The molecule has 1 saturated carbocycles. The summed E-state index contributed by atoms with van der Waals surface area (Å²) in [5.41, 5.74) is 1.38. The molecule has 1 aliphatic carbocycles. The van der Waals surface area contributed by atoms with Gasteiger partial charge in [0.05, 0.1) is 0 Å². The second-order valence-corrected chi connectivity index (χ2v) is 5.29. The SMILES string of the molecule is CC(=O)NC(C)C(=O)NCC1(c2ccccc2)CC1. The van der Waals surface area contributed by atoms with Crippen molar-refractivity contribution in [2.45, 2.75) is 38.1 Å². The molecule has 1 fully saturated rings. The summed E-state index contributed by atoms with van der Waals surface area (Å²) in [6.45, 7) is 3.74. The highest BCUT2D eigenvalue weighted by molar-refractivity contribution is 5.86. The van der Waals surface area contributed by atoms with Crippen LogP contribution in [0.5, 0.6) is 0 Å². The number of rotatable bonds is 5. The monoisotopic (exact) mass is 260 g/mol. The molecule has 0 bridgehead atoms. The third kappa shape index (κ3) is 3.34. The van der Waals surface area contributed by atoms with E-state index in [0.29, 0.717) is 6.54 Å².